The Balaban J connectivity index is 2.57. The Morgan fingerprint density at radius 3 is 2.74 bits per heavy atom. The summed E-state index contributed by atoms with van der Waals surface area (Å²) in [6, 6.07) is 0.893. The Labute approximate surface area is 112 Å². The van der Waals surface area contributed by atoms with Crippen LogP contribution in [0, 0.1) is 0 Å². The molecule has 0 aliphatic heterocycles. The molecular weight excluding hydrogens is 248 g/mol. The van der Waals surface area contributed by atoms with Crippen molar-refractivity contribution in [3.63, 3.8) is 0 Å². The van der Waals surface area contributed by atoms with E-state index in [1.165, 1.54) is 18.6 Å². The van der Waals surface area contributed by atoms with E-state index in [-0.39, 0.29) is 25.0 Å². The molecule has 0 aromatic carbocycles. The van der Waals surface area contributed by atoms with E-state index in [0.29, 0.717) is 12.1 Å². The fraction of sp³-hybridized carbons (Fsp3) is 0.538. The van der Waals surface area contributed by atoms with Crippen LogP contribution in [0.25, 0.3) is 0 Å². The second-order valence-electron chi connectivity index (χ2n) is 4.26. The second kappa shape index (κ2) is 7.58. The van der Waals surface area contributed by atoms with E-state index in [0.717, 1.165) is 6.42 Å². The van der Waals surface area contributed by atoms with Crippen molar-refractivity contribution >= 4 is 11.8 Å². The molecule has 6 heteroatoms. The molecule has 0 bridgehead atoms. The molecule has 19 heavy (non-hydrogen) atoms. The summed E-state index contributed by atoms with van der Waals surface area (Å²) >= 11 is 0. The van der Waals surface area contributed by atoms with Gasteiger partial charge in [0, 0.05) is 13.1 Å². The zero-order chi connectivity index (χ0) is 14.3. The lowest BCUT2D eigenvalue weighted by atomic mass is 10.2. The normalized spacial score (nSPS) is 11.9. The predicted molar refractivity (Wildman–Crippen MR) is 69.6 cm³/mol. The molecule has 2 N–H and O–H groups in total. The lowest BCUT2D eigenvalue weighted by molar-refractivity contribution is -0.133. The maximum absolute atomic E-state index is 12.1. The van der Waals surface area contributed by atoms with Crippen molar-refractivity contribution in [2.75, 3.05) is 19.7 Å². The molecule has 0 aliphatic carbocycles. The van der Waals surface area contributed by atoms with Gasteiger partial charge in [0.15, 0.2) is 0 Å². The van der Waals surface area contributed by atoms with Gasteiger partial charge in [-0.2, -0.15) is 0 Å². The van der Waals surface area contributed by atoms with Crippen molar-refractivity contribution in [1.82, 2.24) is 10.2 Å². The van der Waals surface area contributed by atoms with Crippen molar-refractivity contribution in [3.8, 4) is 0 Å². The first-order valence-electron chi connectivity index (χ1n) is 6.32. The number of nitrogens with one attached hydrogen (secondary N) is 1. The number of carbonyl (C=O) groups is 2. The Kier molecular flexibility index (Phi) is 6.08. The Bertz CT molecular complexity index is 397. The van der Waals surface area contributed by atoms with Crippen molar-refractivity contribution in [1.29, 1.82) is 0 Å². The molecule has 106 valence electrons. The van der Waals surface area contributed by atoms with Crippen molar-refractivity contribution < 1.29 is 19.1 Å². The summed E-state index contributed by atoms with van der Waals surface area (Å²) in [7, 11) is 0. The summed E-state index contributed by atoms with van der Waals surface area (Å²) in [5.74, 6) is -0.553. The maximum Gasteiger partial charge on any atom is 0.255 e. The fourth-order valence-corrected chi connectivity index (χ4v) is 1.73. The lowest BCUT2D eigenvalue weighted by Gasteiger charge is -2.25. The minimum absolute atomic E-state index is 0.0891. The number of aliphatic hydroxyl groups is 1. The standard InChI is InChI=1S/C13H20N2O4/c1-3-5-15(6-7-16)13(18)10(2)14-12(17)11-4-8-19-9-11/h4,8-10,16H,3,5-7H2,1-2H3,(H,14,17)/t10-/m1/s1. The van der Waals surface area contributed by atoms with Crippen LogP contribution in [-0.4, -0.2) is 47.6 Å². The van der Waals surface area contributed by atoms with Crippen LogP contribution in [0.4, 0.5) is 0 Å². The highest BCUT2D eigenvalue weighted by molar-refractivity contribution is 5.97. The van der Waals surface area contributed by atoms with Gasteiger partial charge in [-0.15, -0.1) is 0 Å². The van der Waals surface area contributed by atoms with Crippen LogP contribution in [0.1, 0.15) is 30.6 Å². The molecule has 0 unspecified atom stereocenters. The highest BCUT2D eigenvalue weighted by atomic mass is 16.3. The molecule has 0 saturated carbocycles. The zero-order valence-electron chi connectivity index (χ0n) is 11.3. The first-order chi connectivity index (χ1) is 9.10. The molecule has 0 radical (unpaired) electrons. The van der Waals surface area contributed by atoms with Crippen LogP contribution in [0.3, 0.4) is 0 Å². The number of aliphatic hydroxyl groups excluding tert-OH is 1. The molecule has 1 aromatic rings. The topological polar surface area (TPSA) is 82.8 Å². The van der Waals surface area contributed by atoms with Crippen molar-refractivity contribution in [2.45, 2.75) is 26.3 Å². The van der Waals surface area contributed by atoms with Crippen LogP contribution in [0.5, 0.6) is 0 Å². The van der Waals surface area contributed by atoms with Gasteiger partial charge < -0.3 is 19.7 Å². The largest absolute Gasteiger partial charge is 0.472 e. The molecule has 1 heterocycles. The van der Waals surface area contributed by atoms with Crippen LogP contribution in [0.2, 0.25) is 0 Å². The van der Waals surface area contributed by atoms with Crippen LogP contribution < -0.4 is 5.32 Å². The highest BCUT2D eigenvalue weighted by Gasteiger charge is 2.21. The Morgan fingerprint density at radius 2 is 2.21 bits per heavy atom. The van der Waals surface area contributed by atoms with Gasteiger partial charge in [-0.05, 0) is 19.4 Å². The first-order valence-corrected chi connectivity index (χ1v) is 6.32. The second-order valence-corrected chi connectivity index (χ2v) is 4.26. The molecule has 1 rings (SSSR count). The van der Waals surface area contributed by atoms with Crippen molar-refractivity contribution in [2.24, 2.45) is 0 Å². The zero-order valence-corrected chi connectivity index (χ0v) is 11.3. The first kappa shape index (κ1) is 15.2. The van der Waals surface area contributed by atoms with Gasteiger partial charge in [-0.1, -0.05) is 6.92 Å². The van der Waals surface area contributed by atoms with E-state index in [1.807, 2.05) is 6.92 Å². The van der Waals surface area contributed by atoms with Gasteiger partial charge in [-0.25, -0.2) is 0 Å². The quantitative estimate of drug-likeness (QED) is 0.759. The highest BCUT2D eigenvalue weighted by Crippen LogP contribution is 2.02. The maximum atomic E-state index is 12.1. The molecular formula is C13H20N2O4. The number of hydrogen-bond acceptors (Lipinski definition) is 4. The molecule has 0 fully saturated rings. The average molecular weight is 268 g/mol. The monoisotopic (exact) mass is 268 g/mol. The number of nitrogens with zero attached hydrogens (tertiary/aromatic N) is 1. The number of furan rings is 1. The molecule has 1 aromatic heterocycles. The fourth-order valence-electron chi connectivity index (χ4n) is 1.73. The Hall–Kier alpha value is -1.82. The Morgan fingerprint density at radius 1 is 1.47 bits per heavy atom. The number of hydrogen-bond donors (Lipinski definition) is 2. The molecule has 2 amide bonds. The van der Waals surface area contributed by atoms with E-state index in [4.69, 9.17) is 9.52 Å². The van der Waals surface area contributed by atoms with Crippen LogP contribution in [0.15, 0.2) is 23.0 Å². The summed E-state index contributed by atoms with van der Waals surface area (Å²) in [4.78, 5) is 25.4. The van der Waals surface area contributed by atoms with E-state index in [1.54, 1.807) is 11.8 Å². The molecule has 1 atom stereocenters. The number of carbonyl (C=O) groups excluding carboxylic acids is 2. The van der Waals surface area contributed by atoms with Gasteiger partial charge in [0.2, 0.25) is 5.91 Å². The van der Waals surface area contributed by atoms with E-state index < -0.39 is 6.04 Å². The summed E-state index contributed by atoms with van der Waals surface area (Å²) < 4.78 is 4.81. The van der Waals surface area contributed by atoms with E-state index >= 15 is 0 Å². The lowest BCUT2D eigenvalue weighted by Crippen LogP contribution is -2.48. The van der Waals surface area contributed by atoms with Crippen LogP contribution in [-0.2, 0) is 4.79 Å². The SMILES string of the molecule is CCCN(CCO)C(=O)[C@@H](C)NC(=O)c1ccoc1. The smallest absolute Gasteiger partial charge is 0.255 e. The van der Waals surface area contributed by atoms with Gasteiger partial charge in [0.05, 0.1) is 18.4 Å². The van der Waals surface area contributed by atoms with E-state index in [9.17, 15) is 9.59 Å². The summed E-state index contributed by atoms with van der Waals surface area (Å²) in [5, 5.41) is 11.5. The average Bonchev–Trinajstić information content (AvgIpc) is 2.91. The third kappa shape index (κ3) is 4.40. The van der Waals surface area contributed by atoms with E-state index in [2.05, 4.69) is 5.32 Å². The van der Waals surface area contributed by atoms with Gasteiger partial charge >= 0.3 is 0 Å². The number of amides is 2. The third-order valence-corrected chi connectivity index (χ3v) is 2.68. The summed E-state index contributed by atoms with van der Waals surface area (Å²) in [5.41, 5.74) is 0.379. The minimum Gasteiger partial charge on any atom is -0.472 e. The van der Waals surface area contributed by atoms with Gasteiger partial charge in [0.1, 0.15) is 12.3 Å². The summed E-state index contributed by atoms with van der Waals surface area (Å²) in [6.45, 7) is 4.32. The van der Waals surface area contributed by atoms with Gasteiger partial charge in [-0.3, -0.25) is 9.59 Å². The number of rotatable bonds is 7. The molecule has 0 aliphatic rings. The van der Waals surface area contributed by atoms with Gasteiger partial charge in [0.25, 0.3) is 5.91 Å². The minimum atomic E-state index is -0.638. The molecule has 6 nitrogen and oxygen atoms in total. The summed E-state index contributed by atoms with van der Waals surface area (Å²) in [6.07, 6.45) is 3.52. The van der Waals surface area contributed by atoms with Crippen LogP contribution >= 0.6 is 0 Å². The van der Waals surface area contributed by atoms with Crippen molar-refractivity contribution in [3.05, 3.63) is 24.2 Å². The molecule has 0 spiro atoms. The predicted octanol–water partition coefficient (Wildman–Crippen LogP) is 0.629. The third-order valence-electron chi connectivity index (χ3n) is 2.68. The molecule has 0 saturated heterocycles.